The topological polar surface area (TPSA) is 90.4 Å². The van der Waals surface area contributed by atoms with E-state index in [1.807, 2.05) is 0 Å². The number of alkyl halides is 5. The molecule has 0 unspecified atom stereocenters. The van der Waals surface area contributed by atoms with Crippen LogP contribution in [0.4, 0.5) is 22.0 Å². The maximum absolute atomic E-state index is 13.9. The average Bonchev–Trinajstić information content (AvgIpc) is 3.37. The van der Waals surface area contributed by atoms with Gasteiger partial charge in [0, 0.05) is 58.9 Å². The molecule has 0 amide bonds. The van der Waals surface area contributed by atoms with E-state index >= 15 is 0 Å². The van der Waals surface area contributed by atoms with Crippen molar-refractivity contribution in [3.8, 4) is 28.0 Å². The number of benzene rings is 1. The van der Waals surface area contributed by atoms with Gasteiger partial charge < -0.3 is 18.9 Å². The number of carboxylic acid groups (broad SMARTS) is 1. The zero-order chi connectivity index (χ0) is 27.4. The smallest absolute Gasteiger partial charge is 0.478 e. The summed E-state index contributed by atoms with van der Waals surface area (Å²) in [6, 6.07) is 4.59. The zero-order valence-corrected chi connectivity index (χ0v) is 20.3. The Labute approximate surface area is 212 Å². The molecule has 1 aliphatic rings. The number of aromatic nitrogens is 3. The number of pyridine rings is 1. The summed E-state index contributed by atoms with van der Waals surface area (Å²) in [6.45, 7) is 3.46. The van der Waals surface area contributed by atoms with Crippen molar-refractivity contribution in [1.82, 2.24) is 14.7 Å². The van der Waals surface area contributed by atoms with Crippen LogP contribution in [0.1, 0.15) is 53.5 Å². The number of fused-ring (bicyclic) bond motifs is 1. The maximum atomic E-state index is 13.9. The Morgan fingerprint density at radius 3 is 2.47 bits per heavy atom. The molecule has 1 N–H and O–H groups in total. The third-order valence-electron chi connectivity index (χ3n) is 6.82. The van der Waals surface area contributed by atoms with Crippen molar-refractivity contribution in [2.75, 3.05) is 0 Å². The normalized spacial score (nSPS) is 16.2. The molecule has 200 valence electrons. The molecule has 0 bridgehead atoms. The molecule has 1 saturated carbocycles. The first-order chi connectivity index (χ1) is 17.8. The lowest BCUT2D eigenvalue weighted by atomic mass is 9.92. The number of hydrogen-bond donors (Lipinski definition) is 1. The Morgan fingerprint density at radius 1 is 1.16 bits per heavy atom. The predicted molar refractivity (Wildman–Crippen MR) is 126 cm³/mol. The van der Waals surface area contributed by atoms with Crippen LogP contribution in [0, 0.1) is 13.8 Å². The zero-order valence-electron chi connectivity index (χ0n) is 20.3. The maximum Gasteiger partial charge on any atom is 0.573 e. The molecular weight excluding hydrogens is 513 g/mol. The van der Waals surface area contributed by atoms with E-state index in [1.54, 1.807) is 36.9 Å². The van der Waals surface area contributed by atoms with Crippen LogP contribution in [-0.4, -0.2) is 38.1 Å². The fraction of sp³-hybridized carbons (Fsp3) is 0.346. The first-order valence-corrected chi connectivity index (χ1v) is 11.8. The second kappa shape index (κ2) is 9.10. The van der Waals surface area contributed by atoms with Crippen LogP contribution in [0.25, 0.3) is 33.3 Å². The van der Waals surface area contributed by atoms with Crippen LogP contribution in [0.2, 0.25) is 0 Å². The summed E-state index contributed by atoms with van der Waals surface area (Å²) >= 11 is 0. The third-order valence-corrected chi connectivity index (χ3v) is 6.82. The molecular formula is C26H22F5N3O4. The molecule has 12 heteroatoms. The summed E-state index contributed by atoms with van der Waals surface area (Å²) in [5.41, 5.74) is 2.13. The number of aryl methyl sites for hydroxylation is 2. The van der Waals surface area contributed by atoms with E-state index < -0.39 is 24.0 Å². The number of carbonyl (C=O) groups is 1. The van der Waals surface area contributed by atoms with Gasteiger partial charge in [-0.2, -0.15) is 0 Å². The lowest BCUT2D eigenvalue weighted by Crippen LogP contribution is -2.26. The van der Waals surface area contributed by atoms with Gasteiger partial charge >= 0.3 is 12.3 Å². The molecule has 3 heterocycles. The summed E-state index contributed by atoms with van der Waals surface area (Å²) < 4.78 is 78.9. The van der Waals surface area contributed by atoms with Gasteiger partial charge in [0.25, 0.3) is 0 Å². The van der Waals surface area contributed by atoms with Crippen LogP contribution in [0.5, 0.6) is 5.75 Å². The average molecular weight is 535 g/mol. The molecule has 0 saturated heterocycles. The van der Waals surface area contributed by atoms with Gasteiger partial charge in [0.1, 0.15) is 17.2 Å². The summed E-state index contributed by atoms with van der Waals surface area (Å²) in [5.74, 6) is -4.37. The minimum atomic E-state index is -5.08. The second-order valence-corrected chi connectivity index (χ2v) is 9.40. The molecule has 7 nitrogen and oxygen atoms in total. The van der Waals surface area contributed by atoms with E-state index in [2.05, 4.69) is 14.9 Å². The summed E-state index contributed by atoms with van der Waals surface area (Å²) in [6.07, 6.45) is -2.26. The van der Waals surface area contributed by atoms with Crippen molar-refractivity contribution in [1.29, 1.82) is 0 Å². The predicted octanol–water partition coefficient (Wildman–Crippen LogP) is 7.32. The van der Waals surface area contributed by atoms with Crippen LogP contribution in [0.15, 0.2) is 41.2 Å². The van der Waals surface area contributed by atoms with E-state index in [-0.39, 0.29) is 48.4 Å². The SMILES string of the molecule is Cc1noc(C)c1-c1cnc2c(c1)c(-c1ccc(C(=O)O)cc1OC(F)(F)F)cn2C1CCC(F)(F)CC1. The van der Waals surface area contributed by atoms with Crippen molar-refractivity contribution >= 4 is 17.0 Å². The van der Waals surface area contributed by atoms with E-state index in [9.17, 15) is 31.9 Å². The molecule has 1 fully saturated rings. The van der Waals surface area contributed by atoms with Crippen molar-refractivity contribution in [2.24, 2.45) is 0 Å². The van der Waals surface area contributed by atoms with Gasteiger partial charge in [-0.25, -0.2) is 18.6 Å². The van der Waals surface area contributed by atoms with E-state index in [0.29, 0.717) is 33.6 Å². The summed E-state index contributed by atoms with van der Waals surface area (Å²) in [4.78, 5) is 16.0. The number of nitrogens with zero attached hydrogens (tertiary/aromatic N) is 3. The minimum Gasteiger partial charge on any atom is -0.478 e. The molecule has 1 aliphatic carbocycles. The Morgan fingerprint density at radius 2 is 1.87 bits per heavy atom. The second-order valence-electron chi connectivity index (χ2n) is 9.40. The summed E-state index contributed by atoms with van der Waals surface area (Å²) in [5, 5.41) is 13.7. The first kappa shape index (κ1) is 25.7. The van der Waals surface area contributed by atoms with Gasteiger partial charge in [-0.05, 0) is 51.0 Å². The lowest BCUT2D eigenvalue weighted by molar-refractivity contribution is -0.274. The molecule has 4 aromatic rings. The van der Waals surface area contributed by atoms with Gasteiger partial charge in [0.15, 0.2) is 0 Å². The molecule has 0 spiro atoms. The standard InChI is InChI=1S/C26H22F5N3O4/c1-13-22(14(2)38-33-13)16-9-19-20(18-4-3-15(24(35)36)10-21(18)37-26(29,30)31)12-34(23(19)32-11-16)17-5-7-25(27,28)8-6-17/h3-4,9-12,17H,5-8H2,1-2H3,(H,35,36). The van der Waals surface area contributed by atoms with Gasteiger partial charge in [-0.15, -0.1) is 13.2 Å². The van der Waals surface area contributed by atoms with Gasteiger partial charge in [-0.1, -0.05) is 5.16 Å². The van der Waals surface area contributed by atoms with Gasteiger partial charge in [-0.3, -0.25) is 0 Å². The number of halogens is 5. The van der Waals surface area contributed by atoms with Crippen LogP contribution < -0.4 is 4.74 Å². The quantitative estimate of drug-likeness (QED) is 0.269. The van der Waals surface area contributed by atoms with Crippen molar-refractivity contribution in [2.45, 2.75) is 57.9 Å². The Balaban J connectivity index is 1.73. The Kier molecular flexibility index (Phi) is 6.15. The van der Waals surface area contributed by atoms with Crippen LogP contribution >= 0.6 is 0 Å². The molecule has 3 aromatic heterocycles. The fourth-order valence-electron chi connectivity index (χ4n) is 5.05. The highest BCUT2D eigenvalue weighted by molar-refractivity contribution is 5.99. The van der Waals surface area contributed by atoms with Crippen LogP contribution in [-0.2, 0) is 0 Å². The monoisotopic (exact) mass is 535 g/mol. The molecule has 5 rings (SSSR count). The highest BCUT2D eigenvalue weighted by Crippen LogP contribution is 2.44. The van der Waals surface area contributed by atoms with Crippen molar-refractivity contribution in [3.05, 3.63) is 53.7 Å². The van der Waals surface area contributed by atoms with E-state index in [1.165, 1.54) is 12.1 Å². The number of carboxylic acids is 1. The Bertz CT molecular complexity index is 1510. The third kappa shape index (κ3) is 4.82. The van der Waals surface area contributed by atoms with Crippen LogP contribution in [0.3, 0.4) is 0 Å². The molecule has 1 aromatic carbocycles. The fourth-order valence-corrected chi connectivity index (χ4v) is 5.05. The van der Waals surface area contributed by atoms with Crippen molar-refractivity contribution < 1.29 is 41.1 Å². The lowest BCUT2D eigenvalue weighted by Gasteiger charge is -2.29. The first-order valence-electron chi connectivity index (χ1n) is 11.8. The van der Waals surface area contributed by atoms with E-state index in [4.69, 9.17) is 4.52 Å². The van der Waals surface area contributed by atoms with Crippen molar-refractivity contribution in [3.63, 3.8) is 0 Å². The molecule has 0 radical (unpaired) electrons. The highest BCUT2D eigenvalue weighted by atomic mass is 19.4. The number of ether oxygens (including phenoxy) is 1. The number of rotatable bonds is 5. The van der Waals surface area contributed by atoms with Gasteiger partial charge in [0.2, 0.25) is 5.92 Å². The summed E-state index contributed by atoms with van der Waals surface area (Å²) in [7, 11) is 0. The van der Waals surface area contributed by atoms with Gasteiger partial charge in [0.05, 0.1) is 11.3 Å². The minimum absolute atomic E-state index is 0.0186. The largest absolute Gasteiger partial charge is 0.573 e. The van der Waals surface area contributed by atoms with E-state index in [0.717, 1.165) is 6.07 Å². The number of aromatic carboxylic acids is 1. The molecule has 0 atom stereocenters. The highest BCUT2D eigenvalue weighted by Gasteiger charge is 2.37. The molecule has 38 heavy (non-hydrogen) atoms. The number of hydrogen-bond acceptors (Lipinski definition) is 5. The molecule has 0 aliphatic heterocycles. The Hall–Kier alpha value is -3.96.